The molecule has 0 fully saturated rings. The summed E-state index contributed by atoms with van der Waals surface area (Å²) >= 11 is 0. The van der Waals surface area contributed by atoms with Gasteiger partial charge in [0.25, 0.3) is 0 Å². The smallest absolute Gasteiger partial charge is 0.336 e. The zero-order valence-electron chi connectivity index (χ0n) is 19.4. The number of rotatable bonds is 9. The minimum Gasteiger partial charge on any atom is -0.482 e. The first-order valence-electron chi connectivity index (χ1n) is 11.1. The van der Waals surface area contributed by atoms with E-state index in [0.717, 1.165) is 59.7 Å². The van der Waals surface area contributed by atoms with Gasteiger partial charge in [-0.2, -0.15) is 0 Å². The number of hydrogen-bond donors (Lipinski definition) is 3. The summed E-state index contributed by atoms with van der Waals surface area (Å²) in [5, 5.41) is 13.7. The number of fused-ring (bicyclic) bond motifs is 2. The van der Waals surface area contributed by atoms with Gasteiger partial charge in [0.15, 0.2) is 5.88 Å². The fourth-order valence-corrected chi connectivity index (χ4v) is 4.18. The van der Waals surface area contributed by atoms with Gasteiger partial charge in [-0.25, -0.2) is 14.8 Å². The van der Waals surface area contributed by atoms with Crippen molar-refractivity contribution in [3.8, 4) is 17.3 Å². The number of ether oxygens (including phenoxy) is 1. The number of carboxylic acid groups (broad SMARTS) is 1. The molecule has 1 atom stereocenters. The number of nitrogens with zero attached hydrogens (tertiary/aromatic N) is 4. The maximum Gasteiger partial charge on any atom is 0.336 e. The molecule has 0 bridgehead atoms. The Morgan fingerprint density at radius 1 is 1.24 bits per heavy atom. The van der Waals surface area contributed by atoms with E-state index in [1.165, 1.54) is 13.2 Å². The van der Waals surface area contributed by atoms with Crippen molar-refractivity contribution in [1.29, 1.82) is 0 Å². The van der Waals surface area contributed by atoms with Crippen LogP contribution in [-0.4, -0.2) is 50.7 Å². The number of pyridine rings is 2. The third-order valence-corrected chi connectivity index (χ3v) is 5.91. The molecule has 0 aliphatic carbocycles. The summed E-state index contributed by atoms with van der Waals surface area (Å²) in [6, 6.07) is 9.00. The van der Waals surface area contributed by atoms with E-state index in [1.54, 1.807) is 6.07 Å². The van der Waals surface area contributed by atoms with Crippen molar-refractivity contribution in [2.24, 2.45) is 5.73 Å². The highest BCUT2D eigenvalue weighted by atomic mass is 16.5. The molecule has 4 aromatic rings. The molecule has 0 aliphatic heterocycles. The number of aromatic nitrogens is 4. The summed E-state index contributed by atoms with van der Waals surface area (Å²) in [6.07, 6.45) is 2.00. The van der Waals surface area contributed by atoms with Crippen LogP contribution in [0.4, 0.5) is 0 Å². The Hall–Kier alpha value is -3.43. The van der Waals surface area contributed by atoms with Crippen molar-refractivity contribution in [3.63, 3.8) is 0 Å². The monoisotopic (exact) mass is 450 g/mol. The number of unbranched alkanes of at least 4 members (excludes halogenated alkanes) is 1. The molecule has 4 rings (SSSR count). The van der Waals surface area contributed by atoms with Gasteiger partial charge in [-0.05, 0) is 64.5 Å². The van der Waals surface area contributed by atoms with Crippen LogP contribution in [0.2, 0.25) is 0 Å². The molecule has 4 aromatic heterocycles. The number of aryl methyl sites for hydroxylation is 2. The number of aromatic carboxylic acids is 1. The lowest BCUT2D eigenvalue weighted by atomic mass is 10.2. The molecule has 0 radical (unpaired) electrons. The lowest BCUT2D eigenvalue weighted by molar-refractivity contribution is 0.0696. The lowest BCUT2D eigenvalue weighted by Crippen LogP contribution is -2.11. The van der Waals surface area contributed by atoms with E-state index in [9.17, 15) is 9.90 Å². The Bertz CT molecular complexity index is 1320. The van der Waals surface area contributed by atoms with Crippen LogP contribution in [0.3, 0.4) is 0 Å². The quantitative estimate of drug-likeness (QED) is 0.334. The van der Waals surface area contributed by atoms with Crippen molar-refractivity contribution < 1.29 is 14.6 Å². The van der Waals surface area contributed by atoms with Crippen LogP contribution in [0.1, 0.15) is 47.6 Å². The Morgan fingerprint density at radius 2 is 2.03 bits per heavy atom. The van der Waals surface area contributed by atoms with E-state index in [2.05, 4.69) is 16.0 Å². The number of nitrogens with one attached hydrogen (secondary N) is 1. The molecule has 0 saturated heterocycles. The minimum absolute atomic E-state index is 0.131. The normalized spacial score (nSPS) is 12.5. The molecule has 174 valence electrons. The molecule has 0 unspecified atom stereocenters. The Balaban J connectivity index is 1.92. The zero-order chi connectivity index (χ0) is 23.7. The molecule has 9 heteroatoms. The van der Waals surface area contributed by atoms with Gasteiger partial charge in [0, 0.05) is 24.0 Å². The summed E-state index contributed by atoms with van der Waals surface area (Å²) in [5.74, 6) is -0.598. The van der Waals surface area contributed by atoms with Gasteiger partial charge < -0.3 is 25.5 Å². The summed E-state index contributed by atoms with van der Waals surface area (Å²) in [5.41, 5.74) is 11.0. The molecule has 4 N–H and O–H groups in total. The molecule has 0 saturated carbocycles. The van der Waals surface area contributed by atoms with Crippen LogP contribution in [0.5, 0.6) is 5.88 Å². The molecular weight excluding hydrogens is 420 g/mol. The van der Waals surface area contributed by atoms with E-state index in [1.807, 2.05) is 37.4 Å². The third kappa shape index (κ3) is 4.17. The highest BCUT2D eigenvalue weighted by Gasteiger charge is 2.21. The van der Waals surface area contributed by atoms with Crippen LogP contribution in [0, 0.1) is 6.92 Å². The average molecular weight is 451 g/mol. The predicted octanol–water partition coefficient (Wildman–Crippen LogP) is 3.39. The van der Waals surface area contributed by atoms with Gasteiger partial charge in [-0.3, -0.25) is 4.40 Å². The van der Waals surface area contributed by atoms with E-state index >= 15 is 0 Å². The summed E-state index contributed by atoms with van der Waals surface area (Å²) < 4.78 is 9.52. The first-order valence-corrected chi connectivity index (χ1v) is 11.1. The SMILES string of the molecule is CNCCCCn1c(-c2nc3cc(C(=O)O)cc(OC)n3c2C)cc2ccc([C@@H](C)N)nc21. The molecular formula is C24H30N6O3. The van der Waals surface area contributed by atoms with Crippen molar-refractivity contribution in [1.82, 2.24) is 24.3 Å². The van der Waals surface area contributed by atoms with E-state index in [4.69, 9.17) is 20.4 Å². The second-order valence-electron chi connectivity index (χ2n) is 8.26. The topological polar surface area (TPSA) is 120 Å². The molecule has 33 heavy (non-hydrogen) atoms. The zero-order valence-corrected chi connectivity index (χ0v) is 19.4. The molecule has 0 amide bonds. The third-order valence-electron chi connectivity index (χ3n) is 5.91. The van der Waals surface area contributed by atoms with Crippen LogP contribution < -0.4 is 15.8 Å². The Morgan fingerprint density at radius 3 is 2.70 bits per heavy atom. The number of imidazole rings is 1. The van der Waals surface area contributed by atoms with Crippen LogP contribution in [0.15, 0.2) is 30.3 Å². The van der Waals surface area contributed by atoms with Crippen molar-refractivity contribution in [2.75, 3.05) is 20.7 Å². The van der Waals surface area contributed by atoms with Crippen molar-refractivity contribution >= 4 is 22.6 Å². The van der Waals surface area contributed by atoms with Gasteiger partial charge >= 0.3 is 5.97 Å². The second-order valence-corrected chi connectivity index (χ2v) is 8.26. The Kier molecular flexibility index (Phi) is 6.35. The number of methoxy groups -OCH3 is 1. The molecule has 4 heterocycles. The lowest BCUT2D eigenvalue weighted by Gasteiger charge is -2.11. The summed E-state index contributed by atoms with van der Waals surface area (Å²) in [4.78, 5) is 21.3. The van der Waals surface area contributed by atoms with E-state index < -0.39 is 5.97 Å². The van der Waals surface area contributed by atoms with Gasteiger partial charge in [0.1, 0.15) is 17.0 Å². The summed E-state index contributed by atoms with van der Waals surface area (Å²) in [7, 11) is 3.48. The number of hydrogen-bond acceptors (Lipinski definition) is 6. The molecule has 9 nitrogen and oxygen atoms in total. The summed E-state index contributed by atoms with van der Waals surface area (Å²) in [6.45, 7) is 5.60. The van der Waals surface area contributed by atoms with E-state index in [0.29, 0.717) is 11.5 Å². The molecule has 0 aliphatic rings. The Labute approximate surface area is 192 Å². The average Bonchev–Trinajstić information content (AvgIpc) is 3.32. The predicted molar refractivity (Wildman–Crippen MR) is 128 cm³/mol. The van der Waals surface area contributed by atoms with E-state index in [-0.39, 0.29) is 11.6 Å². The number of carboxylic acids is 1. The second kappa shape index (κ2) is 9.21. The first-order chi connectivity index (χ1) is 15.8. The molecule has 0 aromatic carbocycles. The van der Waals surface area contributed by atoms with Gasteiger partial charge in [-0.1, -0.05) is 0 Å². The standard InChI is InChI=1S/C24H30N6O3/c1-14(25)18-8-7-16-11-19(29(23(16)27-18)10-6-5-9-26-3)22-15(2)30-20(28-22)12-17(24(31)32)13-21(30)33-4/h7-8,11-14,26H,5-6,9-10,25H2,1-4H3,(H,31,32)/t14-/m1/s1. The maximum atomic E-state index is 11.6. The number of carbonyl (C=O) groups is 1. The first kappa shape index (κ1) is 22.8. The highest BCUT2D eigenvalue weighted by molar-refractivity contribution is 5.90. The number of nitrogens with two attached hydrogens (primary N) is 1. The fourth-order valence-electron chi connectivity index (χ4n) is 4.18. The fraction of sp³-hybridized carbons (Fsp3) is 0.375. The van der Waals surface area contributed by atoms with Crippen LogP contribution in [0.25, 0.3) is 28.1 Å². The van der Waals surface area contributed by atoms with Crippen molar-refractivity contribution in [2.45, 2.75) is 39.3 Å². The largest absolute Gasteiger partial charge is 0.482 e. The maximum absolute atomic E-state index is 11.6. The minimum atomic E-state index is -1.02. The van der Waals surface area contributed by atoms with Crippen LogP contribution in [-0.2, 0) is 6.54 Å². The highest BCUT2D eigenvalue weighted by Crippen LogP contribution is 2.33. The van der Waals surface area contributed by atoms with Gasteiger partial charge in [0.05, 0.1) is 29.8 Å². The van der Waals surface area contributed by atoms with Gasteiger partial charge in [-0.15, -0.1) is 0 Å². The molecule has 0 spiro atoms. The van der Waals surface area contributed by atoms with Gasteiger partial charge in [0.2, 0.25) is 0 Å². The van der Waals surface area contributed by atoms with Crippen molar-refractivity contribution in [3.05, 3.63) is 47.3 Å². The van der Waals surface area contributed by atoms with Crippen LogP contribution >= 0.6 is 0 Å².